The maximum absolute atomic E-state index is 3.82. The molecule has 14 heavy (non-hydrogen) atoms. The molecular weight excluding hydrogens is 170 g/mol. The van der Waals surface area contributed by atoms with Gasteiger partial charge in [-0.2, -0.15) is 0 Å². The van der Waals surface area contributed by atoms with E-state index in [0.29, 0.717) is 5.92 Å². The minimum Gasteiger partial charge on any atom is -0.300 e. The Morgan fingerprint density at radius 2 is 1.36 bits per heavy atom. The minimum atomic E-state index is 0.438. The van der Waals surface area contributed by atoms with E-state index < -0.39 is 0 Å². The molecule has 1 nitrogen and oxygen atoms in total. The molecule has 0 atom stereocenters. The molecule has 0 aliphatic heterocycles. The molecule has 1 heteroatoms. The van der Waals surface area contributed by atoms with E-state index in [-0.39, 0.29) is 0 Å². The van der Waals surface area contributed by atoms with Gasteiger partial charge in [-0.15, -0.1) is 0 Å². The van der Waals surface area contributed by atoms with Crippen molar-refractivity contribution in [3.8, 4) is 0 Å². The fourth-order valence-electron chi connectivity index (χ4n) is 0.877. The monoisotopic (exact) mass is 193 g/mol. The third-order valence-electron chi connectivity index (χ3n) is 1.39. The number of hydrogen-bond donors (Lipinski definition) is 0. The van der Waals surface area contributed by atoms with Gasteiger partial charge in [-0.05, 0) is 6.72 Å². The predicted molar refractivity (Wildman–Crippen MR) is 68.0 cm³/mol. The van der Waals surface area contributed by atoms with E-state index in [4.69, 9.17) is 0 Å². The van der Waals surface area contributed by atoms with Gasteiger partial charge in [-0.25, -0.2) is 0 Å². The standard InChI is InChI=1S/C9H11N.2C2H6/c1-10-8-9-6-4-2-3-5-7-9;2*1-2/h2-7,9H,1,8H2;2*1-2H3. The Morgan fingerprint density at radius 1 is 0.929 bits per heavy atom. The lowest BCUT2D eigenvalue weighted by Gasteiger charge is -1.99. The third-order valence-corrected chi connectivity index (χ3v) is 1.39. The molecule has 1 aliphatic carbocycles. The van der Waals surface area contributed by atoms with Crippen molar-refractivity contribution >= 4 is 6.72 Å². The summed E-state index contributed by atoms with van der Waals surface area (Å²) in [5.74, 6) is 0.438. The lowest BCUT2D eigenvalue weighted by molar-refractivity contribution is 0.828. The zero-order valence-electron chi connectivity index (χ0n) is 9.90. The van der Waals surface area contributed by atoms with Crippen molar-refractivity contribution in [2.45, 2.75) is 27.7 Å². The van der Waals surface area contributed by atoms with Crippen LogP contribution in [0.1, 0.15) is 27.7 Å². The Bertz CT molecular complexity index is 171. The normalized spacial score (nSPS) is 13.1. The number of hydrogen-bond acceptors (Lipinski definition) is 1. The van der Waals surface area contributed by atoms with Gasteiger partial charge in [0.1, 0.15) is 0 Å². The van der Waals surface area contributed by atoms with E-state index in [1.54, 1.807) is 0 Å². The molecule has 0 aromatic rings. The molecule has 1 rings (SSSR count). The van der Waals surface area contributed by atoms with Gasteiger partial charge in [0.25, 0.3) is 0 Å². The third kappa shape index (κ3) is 8.98. The summed E-state index contributed by atoms with van der Waals surface area (Å²) < 4.78 is 0. The van der Waals surface area contributed by atoms with E-state index >= 15 is 0 Å². The second kappa shape index (κ2) is 14.4. The summed E-state index contributed by atoms with van der Waals surface area (Å²) in [7, 11) is 0. The molecule has 0 heterocycles. The second-order valence-electron chi connectivity index (χ2n) is 2.22. The summed E-state index contributed by atoms with van der Waals surface area (Å²) in [5, 5.41) is 0. The number of nitrogens with zero attached hydrogens (tertiary/aromatic N) is 1. The zero-order chi connectivity index (χ0) is 11.2. The van der Waals surface area contributed by atoms with Crippen molar-refractivity contribution in [3.05, 3.63) is 36.5 Å². The van der Waals surface area contributed by atoms with Crippen LogP contribution in [0, 0.1) is 5.92 Å². The molecular formula is C13H23N. The van der Waals surface area contributed by atoms with E-state index in [1.165, 1.54) is 0 Å². The van der Waals surface area contributed by atoms with Crippen LogP contribution < -0.4 is 0 Å². The van der Waals surface area contributed by atoms with Crippen molar-refractivity contribution in [1.82, 2.24) is 0 Å². The van der Waals surface area contributed by atoms with Gasteiger partial charge in [-0.1, -0.05) is 64.2 Å². The highest BCUT2D eigenvalue weighted by Gasteiger charge is 1.96. The van der Waals surface area contributed by atoms with Crippen LogP contribution in [-0.2, 0) is 0 Å². The second-order valence-corrected chi connectivity index (χ2v) is 2.22. The molecule has 0 radical (unpaired) electrons. The van der Waals surface area contributed by atoms with Crippen LogP contribution in [0.25, 0.3) is 0 Å². The molecule has 0 aromatic carbocycles. The van der Waals surface area contributed by atoms with E-state index in [1.807, 2.05) is 52.0 Å². The topological polar surface area (TPSA) is 12.4 Å². The molecule has 0 saturated carbocycles. The van der Waals surface area contributed by atoms with Gasteiger partial charge < -0.3 is 0 Å². The van der Waals surface area contributed by atoms with Gasteiger partial charge in [0.15, 0.2) is 0 Å². The van der Waals surface area contributed by atoms with Gasteiger partial charge >= 0.3 is 0 Å². The highest BCUT2D eigenvalue weighted by molar-refractivity contribution is 5.25. The van der Waals surface area contributed by atoms with Crippen LogP contribution >= 0.6 is 0 Å². The Morgan fingerprint density at radius 3 is 1.71 bits per heavy atom. The first kappa shape index (κ1) is 15.4. The molecule has 0 N–H and O–H groups in total. The number of rotatable bonds is 2. The summed E-state index contributed by atoms with van der Waals surface area (Å²) >= 11 is 0. The van der Waals surface area contributed by atoms with Crippen LogP contribution in [0.5, 0.6) is 0 Å². The Kier molecular flexibility index (Phi) is 15.8. The molecule has 0 saturated heterocycles. The Hall–Kier alpha value is -1.11. The quantitative estimate of drug-likeness (QED) is 0.587. The molecule has 0 bridgehead atoms. The molecule has 0 fully saturated rings. The number of aliphatic imine (C=N–C) groups is 1. The molecule has 80 valence electrons. The molecule has 0 spiro atoms. The first-order valence-electron chi connectivity index (χ1n) is 5.37. The van der Waals surface area contributed by atoms with E-state index in [9.17, 15) is 0 Å². The largest absolute Gasteiger partial charge is 0.300 e. The summed E-state index contributed by atoms with van der Waals surface area (Å²) in [6, 6.07) is 0. The SMILES string of the molecule is C=NCC1C=CC=CC=C1.CC.CC. The van der Waals surface area contributed by atoms with Gasteiger partial charge in [0.2, 0.25) is 0 Å². The highest BCUT2D eigenvalue weighted by Crippen LogP contribution is 2.04. The average molecular weight is 193 g/mol. The maximum Gasteiger partial charge on any atom is 0.0479 e. The molecule has 0 unspecified atom stereocenters. The molecule has 0 aromatic heterocycles. The fourth-order valence-corrected chi connectivity index (χ4v) is 0.877. The summed E-state index contributed by atoms with van der Waals surface area (Å²) in [5.41, 5.74) is 0. The van der Waals surface area contributed by atoms with Crippen molar-refractivity contribution in [2.75, 3.05) is 6.54 Å². The van der Waals surface area contributed by atoms with Gasteiger partial charge in [-0.3, -0.25) is 4.99 Å². The van der Waals surface area contributed by atoms with E-state index in [2.05, 4.69) is 23.9 Å². The summed E-state index contributed by atoms with van der Waals surface area (Å²) in [6.45, 7) is 12.2. The van der Waals surface area contributed by atoms with E-state index in [0.717, 1.165) is 6.54 Å². The first-order valence-corrected chi connectivity index (χ1v) is 5.37. The van der Waals surface area contributed by atoms with Crippen LogP contribution in [0.3, 0.4) is 0 Å². The molecule has 1 aliphatic rings. The van der Waals surface area contributed by atoms with Crippen LogP contribution in [0.15, 0.2) is 41.4 Å². The average Bonchev–Trinajstić information content (AvgIpc) is 2.53. The Labute approximate surface area is 89.0 Å². The first-order chi connectivity index (χ1) is 6.93. The van der Waals surface area contributed by atoms with Crippen molar-refractivity contribution < 1.29 is 0 Å². The van der Waals surface area contributed by atoms with Crippen molar-refractivity contribution in [3.63, 3.8) is 0 Å². The fraction of sp³-hybridized carbons (Fsp3) is 0.462. The zero-order valence-corrected chi connectivity index (χ0v) is 9.90. The lowest BCUT2D eigenvalue weighted by atomic mass is 10.1. The van der Waals surface area contributed by atoms with Gasteiger partial charge in [0, 0.05) is 12.5 Å². The van der Waals surface area contributed by atoms with Gasteiger partial charge in [0.05, 0.1) is 0 Å². The van der Waals surface area contributed by atoms with Crippen LogP contribution in [-0.4, -0.2) is 13.3 Å². The highest BCUT2D eigenvalue weighted by atomic mass is 14.7. The lowest BCUT2D eigenvalue weighted by Crippen LogP contribution is -1.94. The predicted octanol–water partition coefficient (Wildman–Crippen LogP) is 4.04. The van der Waals surface area contributed by atoms with Crippen LogP contribution in [0.2, 0.25) is 0 Å². The number of allylic oxidation sites excluding steroid dienone is 4. The van der Waals surface area contributed by atoms with Crippen LogP contribution in [0.4, 0.5) is 0 Å². The minimum absolute atomic E-state index is 0.438. The summed E-state index contributed by atoms with van der Waals surface area (Å²) in [6.07, 6.45) is 12.3. The maximum atomic E-state index is 3.82. The summed E-state index contributed by atoms with van der Waals surface area (Å²) in [4.78, 5) is 3.82. The smallest absolute Gasteiger partial charge is 0.0479 e. The molecule has 0 amide bonds. The Balaban J connectivity index is 0. The van der Waals surface area contributed by atoms with Crippen molar-refractivity contribution in [2.24, 2.45) is 10.9 Å². The van der Waals surface area contributed by atoms with Crippen molar-refractivity contribution in [1.29, 1.82) is 0 Å².